The summed E-state index contributed by atoms with van der Waals surface area (Å²) in [6, 6.07) is 3.65. The van der Waals surface area contributed by atoms with Gasteiger partial charge in [0.25, 0.3) is 0 Å². The number of fused-ring (bicyclic) bond motifs is 1. The van der Waals surface area contributed by atoms with Crippen molar-refractivity contribution in [3.8, 4) is 11.5 Å². The number of aryl methyl sites for hydroxylation is 1. The first-order valence-electron chi connectivity index (χ1n) is 4.68. The van der Waals surface area contributed by atoms with E-state index in [9.17, 15) is 5.11 Å². The fourth-order valence-electron chi connectivity index (χ4n) is 1.64. The van der Waals surface area contributed by atoms with Crippen molar-refractivity contribution in [2.24, 2.45) is 0 Å². The van der Waals surface area contributed by atoms with Crippen molar-refractivity contribution in [3.63, 3.8) is 0 Å². The lowest BCUT2D eigenvalue weighted by Gasteiger charge is -2.18. The van der Waals surface area contributed by atoms with E-state index in [-0.39, 0.29) is 5.75 Å². The van der Waals surface area contributed by atoms with Gasteiger partial charge in [0.05, 0.1) is 10.00 Å². The van der Waals surface area contributed by atoms with Crippen LogP contribution in [0.5, 0.6) is 11.5 Å². The van der Waals surface area contributed by atoms with E-state index in [2.05, 4.69) is 31.9 Å². The Morgan fingerprint density at radius 1 is 1.40 bits per heavy atom. The molecule has 2 nitrogen and oxygen atoms in total. The molecule has 15 heavy (non-hydrogen) atoms. The summed E-state index contributed by atoms with van der Waals surface area (Å²) >= 11 is 6.55. The second kappa shape index (κ2) is 4.58. The number of benzene rings is 1. The Morgan fingerprint density at radius 3 is 2.93 bits per heavy atom. The number of phenols is 1. The van der Waals surface area contributed by atoms with Gasteiger partial charge in [0, 0.05) is 11.6 Å². The number of halogens is 2. The van der Waals surface area contributed by atoms with Gasteiger partial charge in [-0.3, -0.25) is 0 Å². The Morgan fingerprint density at radius 2 is 2.20 bits per heavy atom. The largest absolute Gasteiger partial charge is 0.507 e. The van der Waals surface area contributed by atoms with Crippen LogP contribution in [-0.4, -0.2) is 11.7 Å². The van der Waals surface area contributed by atoms with Crippen molar-refractivity contribution >= 4 is 37.9 Å². The van der Waals surface area contributed by atoms with E-state index in [1.54, 1.807) is 6.07 Å². The SMILES string of the molecule is Oc1cc2c(cc1C=C(Br)Br)CCCO2. The van der Waals surface area contributed by atoms with E-state index >= 15 is 0 Å². The van der Waals surface area contributed by atoms with Crippen LogP contribution >= 0.6 is 31.9 Å². The second-order valence-corrected chi connectivity index (χ2v) is 6.18. The molecular formula is C11H10Br2O2. The first kappa shape index (κ1) is 11.0. The van der Waals surface area contributed by atoms with Crippen LogP contribution in [0.15, 0.2) is 15.5 Å². The number of phenolic OH excluding ortho intramolecular Hbond substituents is 1. The minimum Gasteiger partial charge on any atom is -0.507 e. The summed E-state index contributed by atoms with van der Waals surface area (Å²) in [5, 5.41) is 9.75. The van der Waals surface area contributed by atoms with Gasteiger partial charge in [-0.1, -0.05) is 0 Å². The van der Waals surface area contributed by atoms with E-state index in [1.807, 2.05) is 12.1 Å². The standard InChI is InChI=1S/C11H10Br2O2/c12-11(13)5-8-4-7-2-1-3-15-10(7)6-9(8)14/h4-6,14H,1-3H2. The van der Waals surface area contributed by atoms with Gasteiger partial charge in [-0.25, -0.2) is 0 Å². The number of hydrogen-bond acceptors (Lipinski definition) is 2. The van der Waals surface area contributed by atoms with Crippen LogP contribution in [0.3, 0.4) is 0 Å². The molecule has 1 aromatic carbocycles. The molecule has 1 N–H and O–H groups in total. The van der Waals surface area contributed by atoms with Crippen molar-refractivity contribution in [1.82, 2.24) is 0 Å². The summed E-state index contributed by atoms with van der Waals surface area (Å²) in [6.45, 7) is 0.740. The summed E-state index contributed by atoms with van der Waals surface area (Å²) in [7, 11) is 0. The van der Waals surface area contributed by atoms with Gasteiger partial charge in [0.1, 0.15) is 11.5 Å². The molecule has 2 rings (SSSR count). The van der Waals surface area contributed by atoms with Crippen molar-refractivity contribution in [2.75, 3.05) is 6.61 Å². The quantitative estimate of drug-likeness (QED) is 0.847. The van der Waals surface area contributed by atoms with Crippen LogP contribution in [0.25, 0.3) is 6.08 Å². The Hall–Kier alpha value is -0.480. The highest BCUT2D eigenvalue weighted by molar-refractivity contribution is 9.28. The predicted octanol–water partition coefficient (Wildman–Crippen LogP) is 3.81. The Bertz CT molecular complexity index is 409. The maximum atomic E-state index is 9.75. The zero-order valence-corrected chi connectivity index (χ0v) is 11.1. The highest BCUT2D eigenvalue weighted by Crippen LogP contribution is 2.34. The molecule has 0 atom stereocenters. The Kier molecular flexibility index (Phi) is 3.36. The number of ether oxygens (including phenoxy) is 1. The summed E-state index contributed by atoms with van der Waals surface area (Å²) in [5.41, 5.74) is 1.95. The third kappa shape index (κ3) is 2.55. The zero-order chi connectivity index (χ0) is 10.8. The normalized spacial score (nSPS) is 14.0. The first-order valence-corrected chi connectivity index (χ1v) is 6.27. The molecule has 0 saturated heterocycles. The van der Waals surface area contributed by atoms with Gasteiger partial charge in [0.15, 0.2) is 0 Å². The van der Waals surface area contributed by atoms with Gasteiger partial charge < -0.3 is 9.84 Å². The van der Waals surface area contributed by atoms with E-state index in [1.165, 1.54) is 0 Å². The lowest BCUT2D eigenvalue weighted by Crippen LogP contribution is -2.08. The molecule has 0 saturated carbocycles. The summed E-state index contributed by atoms with van der Waals surface area (Å²) in [5.74, 6) is 1.05. The molecule has 4 heteroatoms. The number of hydrogen-bond donors (Lipinski definition) is 1. The molecule has 1 heterocycles. The van der Waals surface area contributed by atoms with E-state index in [0.29, 0.717) is 0 Å². The molecule has 0 bridgehead atoms. The first-order chi connectivity index (χ1) is 7.16. The van der Waals surface area contributed by atoms with Crippen LogP contribution in [0.4, 0.5) is 0 Å². The molecule has 1 aromatic rings. The van der Waals surface area contributed by atoms with Crippen LogP contribution in [0.1, 0.15) is 17.5 Å². The van der Waals surface area contributed by atoms with E-state index < -0.39 is 0 Å². The molecule has 0 unspecified atom stereocenters. The van der Waals surface area contributed by atoms with Crippen LogP contribution in [0.2, 0.25) is 0 Å². The molecule has 1 aliphatic rings. The molecule has 0 spiro atoms. The van der Waals surface area contributed by atoms with Gasteiger partial charge in [-0.2, -0.15) is 0 Å². The molecule has 1 aliphatic heterocycles. The maximum Gasteiger partial charge on any atom is 0.126 e. The summed E-state index contributed by atoms with van der Waals surface area (Å²) < 4.78 is 6.27. The molecule has 0 fully saturated rings. The molecule has 0 aliphatic carbocycles. The van der Waals surface area contributed by atoms with Gasteiger partial charge in [0.2, 0.25) is 0 Å². The van der Waals surface area contributed by atoms with Crippen molar-refractivity contribution in [3.05, 3.63) is 26.7 Å². The van der Waals surface area contributed by atoms with Crippen molar-refractivity contribution in [2.45, 2.75) is 12.8 Å². The van der Waals surface area contributed by atoms with E-state index in [4.69, 9.17) is 4.74 Å². The molecule has 0 amide bonds. The molecule has 80 valence electrons. The average Bonchev–Trinajstić information content (AvgIpc) is 2.18. The average molecular weight is 334 g/mol. The molecule has 0 radical (unpaired) electrons. The Balaban J connectivity index is 2.45. The van der Waals surface area contributed by atoms with Crippen LogP contribution in [-0.2, 0) is 6.42 Å². The Labute approximate surface area is 105 Å². The van der Waals surface area contributed by atoms with Crippen molar-refractivity contribution in [1.29, 1.82) is 0 Å². The lowest BCUT2D eigenvalue weighted by molar-refractivity contribution is 0.286. The zero-order valence-electron chi connectivity index (χ0n) is 7.96. The predicted molar refractivity (Wildman–Crippen MR) is 67.8 cm³/mol. The highest BCUT2D eigenvalue weighted by atomic mass is 79.9. The minimum atomic E-state index is 0.243. The van der Waals surface area contributed by atoms with Gasteiger partial charge in [-0.15, -0.1) is 0 Å². The monoisotopic (exact) mass is 332 g/mol. The second-order valence-electron chi connectivity index (χ2n) is 3.40. The third-order valence-electron chi connectivity index (χ3n) is 2.32. The minimum absolute atomic E-state index is 0.243. The third-order valence-corrected chi connectivity index (χ3v) is 2.78. The van der Waals surface area contributed by atoms with Crippen LogP contribution < -0.4 is 4.74 Å². The number of aromatic hydroxyl groups is 1. The molecule has 0 aromatic heterocycles. The maximum absolute atomic E-state index is 9.75. The summed E-state index contributed by atoms with van der Waals surface area (Å²) in [6.07, 6.45) is 3.87. The smallest absolute Gasteiger partial charge is 0.126 e. The van der Waals surface area contributed by atoms with Crippen LogP contribution in [0, 0.1) is 0 Å². The topological polar surface area (TPSA) is 29.5 Å². The lowest BCUT2D eigenvalue weighted by atomic mass is 10.0. The fraction of sp³-hybridized carbons (Fsp3) is 0.273. The van der Waals surface area contributed by atoms with E-state index in [0.717, 1.165) is 39.7 Å². The van der Waals surface area contributed by atoms with Crippen molar-refractivity contribution < 1.29 is 9.84 Å². The summed E-state index contributed by atoms with van der Waals surface area (Å²) in [4.78, 5) is 0. The fourth-order valence-corrected chi connectivity index (χ4v) is 2.13. The van der Waals surface area contributed by atoms with Gasteiger partial charge in [-0.05, 0) is 62.4 Å². The molecular weight excluding hydrogens is 324 g/mol. The highest BCUT2D eigenvalue weighted by Gasteiger charge is 2.13. The number of rotatable bonds is 1. The van der Waals surface area contributed by atoms with Gasteiger partial charge >= 0.3 is 0 Å².